The molecule has 0 fully saturated rings. The summed E-state index contributed by atoms with van der Waals surface area (Å²) in [7, 11) is 1.84. The van der Waals surface area contributed by atoms with Crippen LogP contribution in [-0.4, -0.2) is 49.8 Å². The molecule has 0 radical (unpaired) electrons. The van der Waals surface area contributed by atoms with Gasteiger partial charge < -0.3 is 10.6 Å². The molecule has 0 saturated heterocycles. The van der Waals surface area contributed by atoms with Crippen LogP contribution in [0, 0.1) is 12.8 Å². The Morgan fingerprint density at radius 2 is 1.95 bits per heavy atom. The lowest BCUT2D eigenvalue weighted by Crippen LogP contribution is -2.42. The van der Waals surface area contributed by atoms with Crippen molar-refractivity contribution in [1.29, 1.82) is 0 Å². The van der Waals surface area contributed by atoms with Crippen molar-refractivity contribution < 1.29 is 8.42 Å². The predicted molar refractivity (Wildman–Crippen MR) is 84.5 cm³/mol. The molecule has 7 nitrogen and oxygen atoms in total. The van der Waals surface area contributed by atoms with Gasteiger partial charge >= 0.3 is 0 Å². The maximum atomic E-state index is 12.6. The number of hydrogen-bond donors (Lipinski definition) is 2. The van der Waals surface area contributed by atoms with E-state index in [1.807, 2.05) is 19.0 Å². The molecule has 0 spiro atoms. The van der Waals surface area contributed by atoms with Gasteiger partial charge in [0.05, 0.1) is 5.69 Å². The summed E-state index contributed by atoms with van der Waals surface area (Å²) in [6.45, 7) is 6.47. The van der Waals surface area contributed by atoms with Gasteiger partial charge in [0, 0.05) is 19.6 Å². The largest absolute Gasteiger partial charge is 0.381 e. The monoisotopic (exact) mass is 317 g/mol. The van der Waals surface area contributed by atoms with Gasteiger partial charge in [-0.05, 0) is 33.4 Å². The highest BCUT2D eigenvalue weighted by Crippen LogP contribution is 2.22. The molecule has 0 aliphatic carbocycles. The Morgan fingerprint density at radius 3 is 2.33 bits per heavy atom. The van der Waals surface area contributed by atoms with Gasteiger partial charge in [0.25, 0.3) is 0 Å². The molecule has 1 rings (SSSR count). The van der Waals surface area contributed by atoms with Gasteiger partial charge in [-0.15, -0.1) is 0 Å². The summed E-state index contributed by atoms with van der Waals surface area (Å²) in [6.07, 6.45) is 0.761. The number of nitrogens with one attached hydrogen (secondary N) is 1. The molecule has 1 atom stereocenters. The summed E-state index contributed by atoms with van der Waals surface area (Å²) in [4.78, 5) is 2.05. The normalized spacial score (nSPS) is 14.1. The summed E-state index contributed by atoms with van der Waals surface area (Å²) >= 11 is 0. The summed E-state index contributed by atoms with van der Waals surface area (Å²) in [6, 6.07) is -0.163. The molecular weight excluding hydrogens is 290 g/mol. The Kier molecular flexibility index (Phi) is 5.77. The number of nitrogen functional groups attached to an aromatic ring is 1. The third-order valence-electron chi connectivity index (χ3n) is 3.24. The van der Waals surface area contributed by atoms with Crippen molar-refractivity contribution in [1.82, 2.24) is 19.4 Å². The van der Waals surface area contributed by atoms with Crippen molar-refractivity contribution >= 4 is 15.8 Å². The Labute approximate surface area is 127 Å². The summed E-state index contributed by atoms with van der Waals surface area (Å²) in [5.74, 6) is 0.431. The molecule has 0 aliphatic rings. The lowest BCUT2D eigenvalue weighted by molar-refractivity contribution is 0.329. The lowest BCUT2D eigenvalue weighted by atomic mass is 10.0. The summed E-state index contributed by atoms with van der Waals surface area (Å²) in [5, 5.41) is 3.97. The topological polar surface area (TPSA) is 93.2 Å². The fourth-order valence-corrected chi connectivity index (χ4v) is 3.96. The first kappa shape index (κ1) is 17.9. The van der Waals surface area contributed by atoms with Crippen LogP contribution in [0.25, 0.3) is 0 Å². The van der Waals surface area contributed by atoms with Crippen molar-refractivity contribution in [2.24, 2.45) is 13.0 Å². The van der Waals surface area contributed by atoms with Crippen LogP contribution < -0.4 is 10.5 Å². The highest BCUT2D eigenvalue weighted by Gasteiger charge is 2.27. The molecule has 3 N–H and O–H groups in total. The van der Waals surface area contributed by atoms with Crippen LogP contribution >= 0.6 is 0 Å². The van der Waals surface area contributed by atoms with Gasteiger partial charge in [-0.1, -0.05) is 13.8 Å². The summed E-state index contributed by atoms with van der Waals surface area (Å²) < 4.78 is 29.4. The molecular formula is C13H27N5O2S. The third-order valence-corrected chi connectivity index (χ3v) is 4.92. The highest BCUT2D eigenvalue weighted by atomic mass is 32.2. The Balaban J connectivity index is 3.05. The van der Waals surface area contributed by atoms with Crippen molar-refractivity contribution in [2.45, 2.75) is 38.1 Å². The molecule has 0 bridgehead atoms. The second kappa shape index (κ2) is 6.76. The molecule has 0 saturated carbocycles. The number of aryl methyl sites for hydroxylation is 1. The van der Waals surface area contributed by atoms with Crippen LogP contribution in [0.1, 0.15) is 26.0 Å². The second-order valence-corrected chi connectivity index (χ2v) is 7.78. The zero-order chi connectivity index (χ0) is 16.4. The fraction of sp³-hybridized carbons (Fsp3) is 0.769. The molecule has 1 aromatic heterocycles. The van der Waals surface area contributed by atoms with E-state index in [0.29, 0.717) is 18.2 Å². The number of hydrogen-bond acceptors (Lipinski definition) is 5. The molecule has 0 aliphatic heterocycles. The van der Waals surface area contributed by atoms with Gasteiger partial charge in [-0.2, -0.15) is 5.10 Å². The highest BCUT2D eigenvalue weighted by molar-refractivity contribution is 7.89. The SMILES string of the molecule is Cc1c(S(=O)(=O)NC(CC(C)C)CN(C)C)c(N)nn1C. The zero-order valence-corrected chi connectivity index (χ0v) is 14.5. The molecule has 8 heteroatoms. The number of sulfonamides is 1. The minimum Gasteiger partial charge on any atom is -0.381 e. The Hall–Kier alpha value is -1.12. The smallest absolute Gasteiger partial charge is 0.246 e. The number of aromatic nitrogens is 2. The first-order chi connectivity index (χ1) is 9.54. The van der Waals surface area contributed by atoms with Crippen LogP contribution in [0.15, 0.2) is 4.90 Å². The van der Waals surface area contributed by atoms with E-state index in [4.69, 9.17) is 5.73 Å². The van der Waals surface area contributed by atoms with Gasteiger partial charge in [0.2, 0.25) is 10.0 Å². The number of anilines is 1. The molecule has 1 unspecified atom stereocenters. The van der Waals surface area contributed by atoms with E-state index in [2.05, 4.69) is 23.7 Å². The molecule has 1 aromatic rings. The summed E-state index contributed by atoms with van der Waals surface area (Å²) in [5.41, 5.74) is 6.28. The van der Waals surface area contributed by atoms with Crippen LogP contribution in [0.4, 0.5) is 5.82 Å². The third kappa shape index (κ3) is 4.69. The zero-order valence-electron chi connectivity index (χ0n) is 13.7. The Morgan fingerprint density at radius 1 is 1.38 bits per heavy atom. The fourth-order valence-electron chi connectivity index (χ4n) is 2.39. The first-order valence-electron chi connectivity index (χ1n) is 7.00. The molecule has 21 heavy (non-hydrogen) atoms. The van der Waals surface area contributed by atoms with E-state index in [1.54, 1.807) is 14.0 Å². The maximum Gasteiger partial charge on any atom is 0.246 e. The van der Waals surface area contributed by atoms with Crippen LogP contribution in [0.5, 0.6) is 0 Å². The maximum absolute atomic E-state index is 12.6. The first-order valence-corrected chi connectivity index (χ1v) is 8.49. The van der Waals surface area contributed by atoms with E-state index >= 15 is 0 Å². The molecule has 1 heterocycles. The Bertz CT molecular complexity index is 568. The quantitative estimate of drug-likeness (QED) is 0.767. The van der Waals surface area contributed by atoms with Gasteiger partial charge in [-0.25, -0.2) is 13.1 Å². The van der Waals surface area contributed by atoms with Gasteiger partial charge in [0.1, 0.15) is 4.90 Å². The standard InChI is InChI=1S/C13H27N5O2S/c1-9(2)7-11(8-17(4)5)16-21(19,20)12-10(3)18(6)15-13(12)14/h9,11,16H,7-8H2,1-6H3,(H2,14,15). The van der Waals surface area contributed by atoms with Crippen LogP contribution in [0.2, 0.25) is 0 Å². The van der Waals surface area contributed by atoms with Crippen LogP contribution in [0.3, 0.4) is 0 Å². The van der Waals surface area contributed by atoms with Gasteiger partial charge in [-0.3, -0.25) is 4.68 Å². The minimum absolute atomic E-state index is 0.0376. The number of nitrogens with two attached hydrogens (primary N) is 1. The predicted octanol–water partition coefficient (Wildman–Crippen LogP) is 0.565. The molecule has 122 valence electrons. The van der Waals surface area contributed by atoms with Crippen molar-refractivity contribution in [3.63, 3.8) is 0 Å². The number of nitrogens with zero attached hydrogens (tertiary/aromatic N) is 3. The van der Waals surface area contributed by atoms with Gasteiger partial charge in [0.15, 0.2) is 5.82 Å². The van der Waals surface area contributed by atoms with E-state index in [9.17, 15) is 8.42 Å². The number of likely N-dealkylation sites (N-methyl/N-ethyl adjacent to an activating group) is 1. The number of rotatable bonds is 7. The molecule has 0 aromatic carbocycles. The average Bonchev–Trinajstić information content (AvgIpc) is 2.49. The van der Waals surface area contributed by atoms with E-state index in [0.717, 1.165) is 6.42 Å². The molecule has 0 amide bonds. The van der Waals surface area contributed by atoms with E-state index in [1.165, 1.54) is 4.68 Å². The average molecular weight is 317 g/mol. The van der Waals surface area contributed by atoms with Crippen molar-refractivity contribution in [2.75, 3.05) is 26.4 Å². The lowest BCUT2D eigenvalue weighted by Gasteiger charge is -2.23. The van der Waals surface area contributed by atoms with E-state index < -0.39 is 10.0 Å². The van der Waals surface area contributed by atoms with E-state index in [-0.39, 0.29) is 16.8 Å². The van der Waals surface area contributed by atoms with Crippen molar-refractivity contribution in [3.05, 3.63) is 5.69 Å². The van der Waals surface area contributed by atoms with Crippen molar-refractivity contribution in [3.8, 4) is 0 Å². The van der Waals surface area contributed by atoms with Crippen LogP contribution in [-0.2, 0) is 17.1 Å². The minimum atomic E-state index is -3.68. The second-order valence-electron chi connectivity index (χ2n) is 6.13.